The van der Waals surface area contributed by atoms with Crippen LogP contribution in [0.2, 0.25) is 0 Å². The number of amides is 1. The number of carbonyl (C=O) groups is 2. The number of hydrogen-bond acceptors (Lipinski definition) is 6. The smallest absolute Gasteiger partial charge is 0.458 e. The van der Waals surface area contributed by atoms with E-state index in [1.165, 1.54) is 6.07 Å². The molecule has 0 aromatic heterocycles. The molecule has 1 amide bonds. The van der Waals surface area contributed by atoms with Crippen LogP contribution in [0, 0.1) is 0 Å². The summed E-state index contributed by atoms with van der Waals surface area (Å²) in [5, 5.41) is 2.51. The average molecular weight is 487 g/mol. The van der Waals surface area contributed by atoms with Crippen molar-refractivity contribution in [1.29, 1.82) is 0 Å². The monoisotopic (exact) mass is 487 g/mol. The Labute approximate surface area is 190 Å². The van der Waals surface area contributed by atoms with E-state index in [9.17, 15) is 31.2 Å². The summed E-state index contributed by atoms with van der Waals surface area (Å²) >= 11 is 0. The van der Waals surface area contributed by atoms with Crippen molar-refractivity contribution in [2.45, 2.75) is 50.8 Å². The molecule has 11 heteroatoms. The molecule has 1 atom stereocenters. The molecule has 0 unspecified atom stereocenters. The van der Waals surface area contributed by atoms with Gasteiger partial charge in [0, 0.05) is 5.56 Å². The molecule has 0 spiro atoms. The molecule has 0 aliphatic rings. The number of aryl methyl sites for hydroxylation is 1. The van der Waals surface area contributed by atoms with Crippen molar-refractivity contribution in [3.8, 4) is 5.75 Å². The lowest BCUT2D eigenvalue weighted by molar-refractivity contribution is -0.157. The number of alkyl halides is 3. The number of halogens is 3. The van der Waals surface area contributed by atoms with Gasteiger partial charge in [0.25, 0.3) is 5.91 Å². The zero-order valence-electron chi connectivity index (χ0n) is 18.2. The number of ether oxygens (including phenoxy) is 1. The van der Waals surface area contributed by atoms with Crippen molar-refractivity contribution < 1.29 is 40.1 Å². The molecule has 0 aliphatic carbocycles. The number of rotatable bonds is 8. The van der Waals surface area contributed by atoms with Gasteiger partial charge in [-0.15, -0.1) is 0 Å². The van der Waals surface area contributed by atoms with Crippen LogP contribution in [0.15, 0.2) is 54.6 Å². The van der Waals surface area contributed by atoms with Gasteiger partial charge in [-0.05, 0) is 57.4 Å². The van der Waals surface area contributed by atoms with Crippen molar-refractivity contribution in [2.24, 2.45) is 0 Å². The highest BCUT2D eigenvalue weighted by Crippen LogP contribution is 2.27. The van der Waals surface area contributed by atoms with E-state index < -0.39 is 44.9 Å². The van der Waals surface area contributed by atoms with Crippen LogP contribution in [-0.4, -0.2) is 37.4 Å². The Balaban J connectivity index is 2.19. The van der Waals surface area contributed by atoms with E-state index >= 15 is 0 Å². The lowest BCUT2D eigenvalue weighted by Gasteiger charge is -2.24. The van der Waals surface area contributed by atoms with E-state index in [4.69, 9.17) is 4.74 Å². The summed E-state index contributed by atoms with van der Waals surface area (Å²) in [5.41, 5.74) is -5.71. The van der Waals surface area contributed by atoms with Gasteiger partial charge >= 0.3 is 21.6 Å². The van der Waals surface area contributed by atoms with Gasteiger partial charge in [0.15, 0.2) is 0 Å². The molecule has 0 bridgehead atoms. The van der Waals surface area contributed by atoms with Gasteiger partial charge in [-0.3, -0.25) is 4.79 Å². The fourth-order valence-electron chi connectivity index (χ4n) is 2.68. The van der Waals surface area contributed by atoms with Crippen molar-refractivity contribution >= 4 is 22.0 Å². The molecule has 180 valence electrons. The number of esters is 1. The lowest BCUT2D eigenvalue weighted by atomic mass is 10.0. The minimum atomic E-state index is -5.90. The fraction of sp³-hybridized carbons (Fsp3) is 0.364. The minimum Gasteiger partial charge on any atom is -0.458 e. The Bertz CT molecular complexity index is 1080. The minimum absolute atomic E-state index is 0.196. The van der Waals surface area contributed by atoms with Gasteiger partial charge in [-0.2, -0.15) is 21.6 Å². The first-order valence-corrected chi connectivity index (χ1v) is 11.3. The third kappa shape index (κ3) is 8.08. The van der Waals surface area contributed by atoms with Crippen molar-refractivity contribution in [1.82, 2.24) is 5.32 Å². The maximum Gasteiger partial charge on any atom is 0.534 e. The topological polar surface area (TPSA) is 98.8 Å². The van der Waals surface area contributed by atoms with E-state index in [1.54, 1.807) is 20.8 Å². The Morgan fingerprint density at radius 3 is 2.21 bits per heavy atom. The molecule has 0 radical (unpaired) electrons. The maximum absolute atomic E-state index is 12.7. The van der Waals surface area contributed by atoms with E-state index in [1.807, 2.05) is 30.3 Å². The zero-order chi connectivity index (χ0) is 24.9. The predicted molar refractivity (Wildman–Crippen MR) is 114 cm³/mol. The Morgan fingerprint density at radius 1 is 1.00 bits per heavy atom. The van der Waals surface area contributed by atoms with Crippen LogP contribution in [0.1, 0.15) is 43.1 Å². The molecule has 2 aromatic rings. The molecule has 33 heavy (non-hydrogen) atoms. The maximum atomic E-state index is 12.7. The molecule has 1 N–H and O–H groups in total. The summed E-state index contributed by atoms with van der Waals surface area (Å²) in [6, 6.07) is 12.3. The van der Waals surface area contributed by atoms with Crippen LogP contribution in [-0.2, 0) is 26.1 Å². The highest BCUT2D eigenvalue weighted by molar-refractivity contribution is 7.88. The Hall–Kier alpha value is -3.08. The molecule has 7 nitrogen and oxygen atoms in total. The molecule has 0 saturated carbocycles. The van der Waals surface area contributed by atoms with Crippen molar-refractivity contribution in [2.75, 3.05) is 0 Å². The summed E-state index contributed by atoms with van der Waals surface area (Å²) in [6.45, 7) is 5.01. The van der Waals surface area contributed by atoms with E-state index in [2.05, 4.69) is 9.50 Å². The summed E-state index contributed by atoms with van der Waals surface area (Å²) < 4.78 is 69.5. The van der Waals surface area contributed by atoms with Gasteiger partial charge in [0.05, 0.1) is 0 Å². The summed E-state index contributed by atoms with van der Waals surface area (Å²) in [7, 11) is -5.90. The predicted octanol–water partition coefficient (Wildman–Crippen LogP) is 3.99. The number of hydrogen-bond donors (Lipinski definition) is 1. The van der Waals surface area contributed by atoms with Gasteiger partial charge < -0.3 is 14.2 Å². The van der Waals surface area contributed by atoms with E-state index in [0.717, 1.165) is 23.8 Å². The highest BCUT2D eigenvalue weighted by atomic mass is 32.2. The summed E-state index contributed by atoms with van der Waals surface area (Å²) in [5.74, 6) is -2.19. The molecule has 2 aromatic carbocycles. The fourth-order valence-corrected chi connectivity index (χ4v) is 3.13. The van der Waals surface area contributed by atoms with Crippen LogP contribution in [0.4, 0.5) is 13.2 Å². The standard InChI is InChI=1S/C22H24F3NO6S/c1-21(2,3)31-20(28)18(13-12-15-8-5-4-6-9-15)26-19(27)16-10-7-11-17(14-16)32-33(29,30)22(23,24)25/h4-11,14,18H,12-13H2,1-3H3,(H,26,27)/t18-/m0/s1. The average Bonchev–Trinajstić information content (AvgIpc) is 2.69. The molecule has 2 rings (SSSR count). The molecule has 0 saturated heterocycles. The molecule has 0 fully saturated rings. The quantitative estimate of drug-likeness (QED) is 0.344. The second kappa shape index (κ2) is 10.2. The van der Waals surface area contributed by atoms with Crippen molar-refractivity contribution in [3.63, 3.8) is 0 Å². The largest absolute Gasteiger partial charge is 0.534 e. The van der Waals surface area contributed by atoms with Crippen LogP contribution < -0.4 is 9.50 Å². The normalized spacial score (nSPS) is 13.2. The second-order valence-corrected chi connectivity index (χ2v) is 9.63. The Morgan fingerprint density at radius 2 is 1.64 bits per heavy atom. The molecule has 0 aliphatic heterocycles. The van der Waals surface area contributed by atoms with Gasteiger partial charge in [-0.1, -0.05) is 36.4 Å². The van der Waals surface area contributed by atoms with E-state index in [-0.39, 0.29) is 12.0 Å². The first-order valence-electron chi connectivity index (χ1n) is 9.86. The van der Waals surface area contributed by atoms with Crippen LogP contribution >= 0.6 is 0 Å². The van der Waals surface area contributed by atoms with Gasteiger partial charge in [-0.25, -0.2) is 4.79 Å². The summed E-state index contributed by atoms with van der Waals surface area (Å²) in [6.07, 6.45) is 0.640. The molecule has 0 heterocycles. The zero-order valence-corrected chi connectivity index (χ0v) is 19.0. The van der Waals surface area contributed by atoms with Crippen LogP contribution in [0.25, 0.3) is 0 Å². The van der Waals surface area contributed by atoms with Gasteiger partial charge in [0.2, 0.25) is 0 Å². The summed E-state index contributed by atoms with van der Waals surface area (Å²) in [4.78, 5) is 25.4. The van der Waals surface area contributed by atoms with Crippen LogP contribution in [0.5, 0.6) is 5.75 Å². The van der Waals surface area contributed by atoms with Gasteiger partial charge in [0.1, 0.15) is 17.4 Å². The van der Waals surface area contributed by atoms with Crippen molar-refractivity contribution in [3.05, 3.63) is 65.7 Å². The number of nitrogens with one attached hydrogen (secondary N) is 1. The number of benzene rings is 2. The van der Waals surface area contributed by atoms with Crippen LogP contribution in [0.3, 0.4) is 0 Å². The van der Waals surface area contributed by atoms with E-state index in [0.29, 0.717) is 6.42 Å². The third-order valence-electron chi connectivity index (χ3n) is 4.15. The Kier molecular flexibility index (Phi) is 8.12. The number of carbonyl (C=O) groups excluding carboxylic acids is 2. The third-order valence-corrected chi connectivity index (χ3v) is 5.13. The SMILES string of the molecule is CC(C)(C)OC(=O)[C@H](CCc1ccccc1)NC(=O)c1cccc(OS(=O)(=O)C(F)(F)F)c1. The second-order valence-electron chi connectivity index (χ2n) is 8.09. The first-order chi connectivity index (χ1) is 15.2. The highest BCUT2D eigenvalue weighted by Gasteiger charge is 2.48. The molecular weight excluding hydrogens is 463 g/mol. The first kappa shape index (κ1) is 26.2. The molecular formula is C22H24F3NO6S. The lowest BCUT2D eigenvalue weighted by Crippen LogP contribution is -2.44.